The first-order chi connectivity index (χ1) is 9.33. The van der Waals surface area contributed by atoms with Crippen molar-refractivity contribution < 1.29 is 13.5 Å². The normalized spacial score (nSPS) is 27.2. The average Bonchev–Trinajstić information content (AvgIpc) is 2.40. The number of aliphatic hydroxyl groups is 1. The van der Waals surface area contributed by atoms with Crippen molar-refractivity contribution in [1.29, 1.82) is 0 Å². The van der Waals surface area contributed by atoms with E-state index in [0.717, 1.165) is 25.7 Å². The molecule has 1 aromatic heterocycles. The Morgan fingerprint density at radius 2 is 2.30 bits per heavy atom. The molecule has 0 aromatic carbocycles. The number of anilines is 1. The van der Waals surface area contributed by atoms with Crippen LogP contribution in [0, 0.1) is 5.41 Å². The molecule has 2 unspecified atom stereocenters. The van der Waals surface area contributed by atoms with Gasteiger partial charge >= 0.3 is 0 Å². The molecule has 6 nitrogen and oxygen atoms in total. The van der Waals surface area contributed by atoms with Gasteiger partial charge in [0.25, 0.3) is 0 Å². The van der Waals surface area contributed by atoms with Crippen molar-refractivity contribution in [3.63, 3.8) is 0 Å². The lowest BCUT2D eigenvalue weighted by Gasteiger charge is -2.38. The number of pyridine rings is 1. The van der Waals surface area contributed by atoms with Crippen LogP contribution >= 0.6 is 0 Å². The van der Waals surface area contributed by atoms with E-state index in [1.807, 2.05) is 6.92 Å². The molecular weight excluding hydrogens is 278 g/mol. The summed E-state index contributed by atoms with van der Waals surface area (Å²) in [5.41, 5.74) is -0.272. The second kappa shape index (κ2) is 5.67. The molecule has 0 saturated heterocycles. The summed E-state index contributed by atoms with van der Waals surface area (Å²) in [5, 5.41) is 18.3. The van der Waals surface area contributed by atoms with Gasteiger partial charge in [-0.15, -0.1) is 0 Å². The van der Waals surface area contributed by atoms with Gasteiger partial charge in [0, 0.05) is 18.2 Å². The highest BCUT2D eigenvalue weighted by atomic mass is 32.2. The summed E-state index contributed by atoms with van der Waals surface area (Å²) < 4.78 is 23.0. The monoisotopic (exact) mass is 299 g/mol. The second-order valence-corrected chi connectivity index (χ2v) is 7.19. The van der Waals surface area contributed by atoms with Crippen LogP contribution in [0.3, 0.4) is 0 Å². The van der Waals surface area contributed by atoms with E-state index in [4.69, 9.17) is 5.14 Å². The molecule has 1 aromatic rings. The van der Waals surface area contributed by atoms with Crippen LogP contribution in [0.5, 0.6) is 0 Å². The van der Waals surface area contributed by atoms with E-state index in [1.54, 1.807) is 0 Å². The van der Waals surface area contributed by atoms with Gasteiger partial charge in [0.05, 0.1) is 6.10 Å². The molecule has 1 saturated carbocycles. The zero-order valence-electron chi connectivity index (χ0n) is 11.5. The van der Waals surface area contributed by atoms with Crippen LogP contribution in [-0.2, 0) is 10.0 Å². The first kappa shape index (κ1) is 15.2. The maximum atomic E-state index is 11.5. The summed E-state index contributed by atoms with van der Waals surface area (Å²) in [6, 6.07) is 2.95. The topological polar surface area (TPSA) is 105 Å². The van der Waals surface area contributed by atoms with E-state index in [2.05, 4.69) is 10.3 Å². The molecule has 0 amide bonds. The second-order valence-electron chi connectivity index (χ2n) is 5.66. The summed E-state index contributed by atoms with van der Waals surface area (Å²) in [6.07, 6.45) is 4.91. The predicted molar refractivity (Wildman–Crippen MR) is 76.7 cm³/mol. The van der Waals surface area contributed by atoms with Crippen molar-refractivity contribution in [1.82, 2.24) is 4.98 Å². The Labute approximate surface area is 119 Å². The number of aromatic nitrogens is 1. The Bertz CT molecular complexity index is 576. The van der Waals surface area contributed by atoms with Crippen LogP contribution in [0.25, 0.3) is 0 Å². The molecule has 0 radical (unpaired) electrons. The molecule has 20 heavy (non-hydrogen) atoms. The SMILES string of the molecule is CC1(CNc2ncccc2S(N)(=O)=O)CCCCC1O. The van der Waals surface area contributed by atoms with Crippen LogP contribution < -0.4 is 10.5 Å². The minimum Gasteiger partial charge on any atom is -0.392 e. The van der Waals surface area contributed by atoms with Gasteiger partial charge in [0.2, 0.25) is 10.0 Å². The molecule has 112 valence electrons. The summed E-state index contributed by atoms with van der Waals surface area (Å²) in [5.74, 6) is 0.244. The Morgan fingerprint density at radius 1 is 1.55 bits per heavy atom. The molecule has 1 heterocycles. The number of rotatable bonds is 4. The van der Waals surface area contributed by atoms with Crippen molar-refractivity contribution in [3.05, 3.63) is 18.3 Å². The Kier molecular flexibility index (Phi) is 4.31. The van der Waals surface area contributed by atoms with Crippen molar-refractivity contribution >= 4 is 15.8 Å². The van der Waals surface area contributed by atoms with Gasteiger partial charge in [-0.25, -0.2) is 18.5 Å². The Balaban J connectivity index is 2.15. The third-order valence-electron chi connectivity index (χ3n) is 4.02. The largest absolute Gasteiger partial charge is 0.392 e. The van der Waals surface area contributed by atoms with E-state index in [-0.39, 0.29) is 22.2 Å². The predicted octanol–water partition coefficient (Wildman–Crippen LogP) is 1.08. The highest BCUT2D eigenvalue weighted by Crippen LogP contribution is 2.36. The summed E-state index contributed by atoms with van der Waals surface area (Å²) in [7, 11) is -3.81. The molecule has 2 atom stereocenters. The van der Waals surface area contributed by atoms with Gasteiger partial charge in [-0.05, 0) is 25.0 Å². The van der Waals surface area contributed by atoms with Crippen LogP contribution in [-0.4, -0.2) is 31.2 Å². The summed E-state index contributed by atoms with van der Waals surface area (Å²) in [6.45, 7) is 2.47. The zero-order chi connectivity index (χ0) is 14.8. The zero-order valence-corrected chi connectivity index (χ0v) is 12.4. The highest BCUT2D eigenvalue weighted by Gasteiger charge is 2.35. The Hall–Kier alpha value is -1.18. The van der Waals surface area contributed by atoms with Gasteiger partial charge in [-0.2, -0.15) is 0 Å². The lowest BCUT2D eigenvalue weighted by molar-refractivity contribution is 0.00955. The fraction of sp³-hybridized carbons (Fsp3) is 0.615. The molecule has 2 rings (SSSR count). The molecule has 1 fully saturated rings. The standard InChI is InChI=1S/C13H21N3O3S/c1-13(7-3-2-6-11(13)17)9-16-12-10(20(14,18)19)5-4-8-15-12/h4-5,8,11,17H,2-3,6-7,9H2,1H3,(H,15,16)(H2,14,18,19). The van der Waals surface area contributed by atoms with E-state index in [0.29, 0.717) is 6.54 Å². The minimum atomic E-state index is -3.81. The summed E-state index contributed by atoms with van der Waals surface area (Å²) in [4.78, 5) is 4.01. The molecule has 1 aliphatic rings. The van der Waals surface area contributed by atoms with E-state index in [9.17, 15) is 13.5 Å². The van der Waals surface area contributed by atoms with Crippen LogP contribution in [0.15, 0.2) is 23.2 Å². The average molecular weight is 299 g/mol. The maximum Gasteiger partial charge on any atom is 0.241 e. The van der Waals surface area contributed by atoms with Crippen LogP contribution in [0.4, 0.5) is 5.82 Å². The third-order valence-corrected chi connectivity index (χ3v) is 4.96. The number of aliphatic hydroxyl groups excluding tert-OH is 1. The van der Waals surface area contributed by atoms with Crippen LogP contribution in [0.2, 0.25) is 0 Å². The van der Waals surface area contributed by atoms with Crippen molar-refractivity contribution in [2.24, 2.45) is 10.6 Å². The molecular formula is C13H21N3O3S. The minimum absolute atomic E-state index is 0.0195. The van der Waals surface area contributed by atoms with E-state index in [1.165, 1.54) is 18.3 Å². The number of hydrogen-bond acceptors (Lipinski definition) is 5. The third kappa shape index (κ3) is 3.28. The van der Waals surface area contributed by atoms with Gasteiger partial charge in [-0.1, -0.05) is 19.8 Å². The van der Waals surface area contributed by atoms with Gasteiger partial charge < -0.3 is 10.4 Å². The number of primary sulfonamides is 1. The quantitative estimate of drug-likeness (QED) is 0.771. The molecule has 0 bridgehead atoms. The van der Waals surface area contributed by atoms with Crippen molar-refractivity contribution in [2.45, 2.75) is 43.6 Å². The van der Waals surface area contributed by atoms with Crippen molar-refractivity contribution in [2.75, 3.05) is 11.9 Å². The molecule has 1 aliphatic carbocycles. The van der Waals surface area contributed by atoms with E-state index < -0.39 is 10.0 Å². The number of sulfonamides is 1. The van der Waals surface area contributed by atoms with Gasteiger partial charge in [0.1, 0.15) is 10.7 Å². The first-order valence-corrected chi connectivity index (χ1v) is 8.27. The lowest BCUT2D eigenvalue weighted by atomic mass is 9.73. The molecule has 0 spiro atoms. The number of hydrogen-bond donors (Lipinski definition) is 3. The fourth-order valence-electron chi connectivity index (χ4n) is 2.63. The number of nitrogens with two attached hydrogens (primary N) is 1. The Morgan fingerprint density at radius 3 is 2.95 bits per heavy atom. The van der Waals surface area contributed by atoms with E-state index >= 15 is 0 Å². The van der Waals surface area contributed by atoms with Crippen molar-refractivity contribution in [3.8, 4) is 0 Å². The highest BCUT2D eigenvalue weighted by molar-refractivity contribution is 7.89. The summed E-state index contributed by atoms with van der Waals surface area (Å²) >= 11 is 0. The van der Waals surface area contributed by atoms with Crippen LogP contribution in [0.1, 0.15) is 32.6 Å². The molecule has 7 heteroatoms. The van der Waals surface area contributed by atoms with Gasteiger partial charge in [0.15, 0.2) is 0 Å². The van der Waals surface area contributed by atoms with Gasteiger partial charge in [-0.3, -0.25) is 0 Å². The fourth-order valence-corrected chi connectivity index (χ4v) is 3.29. The molecule has 0 aliphatic heterocycles. The smallest absolute Gasteiger partial charge is 0.241 e. The first-order valence-electron chi connectivity index (χ1n) is 6.73. The maximum absolute atomic E-state index is 11.5. The number of nitrogens with one attached hydrogen (secondary N) is 1. The lowest BCUT2D eigenvalue weighted by Crippen LogP contribution is -2.41. The molecule has 4 N–H and O–H groups in total. The number of nitrogens with zero attached hydrogens (tertiary/aromatic N) is 1.